The van der Waals surface area contributed by atoms with Gasteiger partial charge in [0.1, 0.15) is 0 Å². The second-order valence-electron chi connectivity index (χ2n) is 5.68. The highest BCUT2D eigenvalue weighted by Crippen LogP contribution is 2.36. The summed E-state index contributed by atoms with van der Waals surface area (Å²) in [5.41, 5.74) is -0.144. The van der Waals surface area contributed by atoms with Crippen molar-refractivity contribution in [2.24, 2.45) is 0 Å². The normalized spacial score (nSPS) is 16.4. The molecule has 1 aromatic carbocycles. The van der Waals surface area contributed by atoms with Crippen molar-refractivity contribution < 1.29 is 18.0 Å². The summed E-state index contributed by atoms with van der Waals surface area (Å²) in [6.45, 7) is 2.36. The first-order valence-electron chi connectivity index (χ1n) is 7.47. The van der Waals surface area contributed by atoms with Gasteiger partial charge in [-0.3, -0.25) is 4.79 Å². The number of nitrogens with zero attached hydrogens (tertiary/aromatic N) is 1. The molecule has 0 heterocycles. The van der Waals surface area contributed by atoms with Gasteiger partial charge in [0.05, 0.1) is 11.6 Å². The van der Waals surface area contributed by atoms with Crippen LogP contribution in [0.5, 0.6) is 0 Å². The van der Waals surface area contributed by atoms with Crippen molar-refractivity contribution in [3.05, 3.63) is 35.4 Å². The molecular weight excluding hydrogens is 293 g/mol. The molecule has 1 aliphatic carbocycles. The zero-order valence-electron chi connectivity index (χ0n) is 12.8. The van der Waals surface area contributed by atoms with E-state index in [9.17, 15) is 18.0 Å². The van der Waals surface area contributed by atoms with Crippen molar-refractivity contribution in [3.63, 3.8) is 0 Å². The lowest BCUT2D eigenvalue weighted by Crippen LogP contribution is -2.37. The predicted octanol–water partition coefficient (Wildman–Crippen LogP) is 3.37. The summed E-state index contributed by atoms with van der Waals surface area (Å²) in [7, 11) is 1.77. The van der Waals surface area contributed by atoms with Gasteiger partial charge in [-0.15, -0.1) is 0 Å². The Morgan fingerprint density at radius 1 is 1.41 bits per heavy atom. The molecule has 1 unspecified atom stereocenters. The first kappa shape index (κ1) is 16.8. The molecule has 0 spiro atoms. The van der Waals surface area contributed by atoms with E-state index in [-0.39, 0.29) is 18.0 Å². The van der Waals surface area contributed by atoms with Gasteiger partial charge < -0.3 is 10.2 Å². The number of alkyl halides is 3. The highest BCUT2D eigenvalue weighted by atomic mass is 19.4. The summed E-state index contributed by atoms with van der Waals surface area (Å²) in [4.78, 5) is 14.1. The zero-order valence-corrected chi connectivity index (χ0v) is 12.8. The molecule has 0 aliphatic heterocycles. The Bertz CT molecular complexity index is 526. The molecule has 1 aromatic rings. The van der Waals surface area contributed by atoms with Crippen LogP contribution in [0, 0.1) is 0 Å². The molecule has 0 saturated heterocycles. The molecule has 3 nitrogen and oxygen atoms in total. The number of benzene rings is 1. The topological polar surface area (TPSA) is 32.3 Å². The van der Waals surface area contributed by atoms with Gasteiger partial charge in [0, 0.05) is 19.0 Å². The van der Waals surface area contributed by atoms with Gasteiger partial charge in [-0.2, -0.15) is 13.2 Å². The lowest BCUT2D eigenvalue weighted by atomic mass is 10.0. The number of amides is 1. The number of carbonyl (C=O) groups is 1. The minimum Gasteiger partial charge on any atom is -0.333 e. The van der Waals surface area contributed by atoms with Gasteiger partial charge in [0.15, 0.2) is 0 Å². The van der Waals surface area contributed by atoms with Crippen molar-refractivity contribution in [1.29, 1.82) is 0 Å². The molecular formula is C16H21F3N2O. The monoisotopic (exact) mass is 314 g/mol. The van der Waals surface area contributed by atoms with E-state index in [4.69, 9.17) is 0 Å². The Labute approximate surface area is 128 Å². The minimum absolute atomic E-state index is 0.0123. The molecule has 1 aliphatic rings. The number of halogens is 3. The summed E-state index contributed by atoms with van der Waals surface area (Å²) < 4.78 is 38.5. The second kappa shape index (κ2) is 6.69. The molecule has 122 valence electrons. The molecule has 1 saturated carbocycles. The van der Waals surface area contributed by atoms with Gasteiger partial charge >= 0.3 is 6.18 Å². The molecule has 1 amide bonds. The molecule has 0 radical (unpaired) electrons. The average molecular weight is 314 g/mol. The average Bonchev–Trinajstić information content (AvgIpc) is 3.29. The molecule has 1 atom stereocenters. The fraction of sp³-hybridized carbons (Fsp3) is 0.562. The summed E-state index contributed by atoms with van der Waals surface area (Å²) in [5, 5.41) is 2.92. The van der Waals surface area contributed by atoms with Crippen LogP contribution in [0.4, 0.5) is 13.2 Å². The lowest BCUT2D eigenvalue weighted by Gasteiger charge is -2.30. The fourth-order valence-electron chi connectivity index (χ4n) is 2.59. The standard InChI is InChI=1S/C16H21F3N2O/c1-11(12-4-3-5-13(10-12)16(17,18)19)21(14-6-7-14)15(22)8-9-20-2/h3-5,10-11,14,20H,6-9H2,1-2H3. The largest absolute Gasteiger partial charge is 0.416 e. The first-order chi connectivity index (χ1) is 10.3. The van der Waals surface area contributed by atoms with Crippen molar-refractivity contribution in [2.45, 2.75) is 44.4 Å². The third-order valence-corrected chi connectivity index (χ3v) is 3.93. The van der Waals surface area contributed by atoms with Crippen LogP contribution < -0.4 is 5.32 Å². The Hall–Kier alpha value is -1.56. The summed E-state index contributed by atoms with van der Waals surface area (Å²) >= 11 is 0. The fourth-order valence-corrected chi connectivity index (χ4v) is 2.59. The third kappa shape index (κ3) is 4.00. The van der Waals surface area contributed by atoms with Crippen LogP contribution in [0.1, 0.15) is 43.4 Å². The number of hydrogen-bond donors (Lipinski definition) is 1. The van der Waals surface area contributed by atoms with Gasteiger partial charge in [0.25, 0.3) is 0 Å². The lowest BCUT2D eigenvalue weighted by molar-refractivity contribution is -0.137. The van der Waals surface area contributed by atoms with E-state index >= 15 is 0 Å². The van der Waals surface area contributed by atoms with Crippen LogP contribution in [-0.4, -0.2) is 30.4 Å². The Balaban J connectivity index is 2.20. The van der Waals surface area contributed by atoms with E-state index in [0.29, 0.717) is 18.5 Å². The van der Waals surface area contributed by atoms with Crippen LogP contribution in [0.25, 0.3) is 0 Å². The highest BCUT2D eigenvalue weighted by molar-refractivity contribution is 5.77. The van der Waals surface area contributed by atoms with Crippen LogP contribution in [0.2, 0.25) is 0 Å². The van der Waals surface area contributed by atoms with Gasteiger partial charge in [-0.05, 0) is 44.5 Å². The Kier molecular flexibility index (Phi) is 5.11. The minimum atomic E-state index is -4.36. The summed E-state index contributed by atoms with van der Waals surface area (Å²) in [6.07, 6.45) is -2.16. The maximum atomic E-state index is 12.8. The molecule has 6 heteroatoms. The van der Waals surface area contributed by atoms with Crippen LogP contribution in [0.15, 0.2) is 24.3 Å². The smallest absolute Gasteiger partial charge is 0.333 e. The Morgan fingerprint density at radius 3 is 2.64 bits per heavy atom. The van der Waals surface area contributed by atoms with Crippen molar-refractivity contribution in [2.75, 3.05) is 13.6 Å². The van der Waals surface area contributed by atoms with Gasteiger partial charge in [0.2, 0.25) is 5.91 Å². The van der Waals surface area contributed by atoms with Crippen LogP contribution >= 0.6 is 0 Å². The van der Waals surface area contributed by atoms with E-state index in [2.05, 4.69) is 5.32 Å². The summed E-state index contributed by atoms with van der Waals surface area (Å²) in [6, 6.07) is 5.07. The molecule has 1 fully saturated rings. The number of hydrogen-bond acceptors (Lipinski definition) is 2. The first-order valence-corrected chi connectivity index (χ1v) is 7.47. The summed E-state index contributed by atoms with van der Waals surface area (Å²) in [5.74, 6) is -0.0123. The number of rotatable bonds is 6. The van der Waals surface area contributed by atoms with Gasteiger partial charge in [-0.25, -0.2) is 0 Å². The van der Waals surface area contributed by atoms with Crippen LogP contribution in [-0.2, 0) is 11.0 Å². The van der Waals surface area contributed by atoms with Crippen LogP contribution in [0.3, 0.4) is 0 Å². The van der Waals surface area contributed by atoms with E-state index in [1.807, 2.05) is 0 Å². The molecule has 22 heavy (non-hydrogen) atoms. The second-order valence-corrected chi connectivity index (χ2v) is 5.68. The molecule has 0 aromatic heterocycles. The molecule has 2 rings (SSSR count). The maximum Gasteiger partial charge on any atom is 0.416 e. The predicted molar refractivity (Wildman–Crippen MR) is 78.3 cm³/mol. The van der Waals surface area contributed by atoms with E-state index in [0.717, 1.165) is 25.0 Å². The van der Waals surface area contributed by atoms with Gasteiger partial charge in [-0.1, -0.05) is 12.1 Å². The number of carbonyl (C=O) groups excluding carboxylic acids is 1. The number of nitrogens with one attached hydrogen (secondary N) is 1. The zero-order chi connectivity index (χ0) is 16.3. The third-order valence-electron chi connectivity index (χ3n) is 3.93. The van der Waals surface area contributed by atoms with E-state index < -0.39 is 11.7 Å². The van der Waals surface area contributed by atoms with Crippen molar-refractivity contribution in [1.82, 2.24) is 10.2 Å². The van der Waals surface area contributed by atoms with Crippen molar-refractivity contribution >= 4 is 5.91 Å². The molecule has 0 bridgehead atoms. The van der Waals surface area contributed by atoms with E-state index in [1.165, 1.54) is 6.07 Å². The highest BCUT2D eigenvalue weighted by Gasteiger charge is 2.37. The van der Waals surface area contributed by atoms with E-state index in [1.54, 1.807) is 24.9 Å². The Morgan fingerprint density at radius 2 is 2.09 bits per heavy atom. The quantitative estimate of drug-likeness (QED) is 0.873. The van der Waals surface area contributed by atoms with Crippen molar-refractivity contribution in [3.8, 4) is 0 Å². The molecule has 1 N–H and O–H groups in total. The maximum absolute atomic E-state index is 12.8. The SMILES string of the molecule is CNCCC(=O)N(C1CC1)C(C)c1cccc(C(F)(F)F)c1.